The van der Waals surface area contributed by atoms with E-state index >= 15 is 0 Å². The molecule has 0 radical (unpaired) electrons. The van der Waals surface area contributed by atoms with Gasteiger partial charge in [-0.25, -0.2) is 4.39 Å². The van der Waals surface area contributed by atoms with Crippen molar-refractivity contribution in [2.75, 3.05) is 20.7 Å². The van der Waals surface area contributed by atoms with E-state index in [4.69, 9.17) is 4.74 Å². The fraction of sp³-hybridized carbons (Fsp3) is 0.278. The Bertz CT molecular complexity index is 614. The lowest BCUT2D eigenvalue weighted by molar-refractivity contribution is 0.106. The van der Waals surface area contributed by atoms with E-state index in [1.165, 1.54) is 12.1 Å². The second-order valence-corrected chi connectivity index (χ2v) is 5.07. The topological polar surface area (TPSA) is 45.7 Å². The molecule has 0 heterocycles. The predicted molar refractivity (Wildman–Crippen MR) is 90.8 cm³/mol. The van der Waals surface area contributed by atoms with Crippen LogP contribution in [0.25, 0.3) is 0 Å². The lowest BCUT2D eigenvalue weighted by atomic mass is 10.1. The van der Waals surface area contributed by atoms with Crippen LogP contribution in [0.2, 0.25) is 0 Å². The van der Waals surface area contributed by atoms with Crippen molar-refractivity contribution in [1.29, 1.82) is 0 Å². The van der Waals surface area contributed by atoms with Crippen LogP contribution in [0.4, 0.5) is 4.39 Å². The molecule has 0 bridgehead atoms. The molecule has 2 aromatic carbocycles. The molecule has 0 aliphatic rings. The van der Waals surface area contributed by atoms with E-state index < -0.39 is 0 Å². The Morgan fingerprint density at radius 2 is 1.78 bits per heavy atom. The summed E-state index contributed by atoms with van der Waals surface area (Å²) < 4.78 is 18.4. The quantitative estimate of drug-likeness (QED) is 0.636. The maximum atomic E-state index is 12.9. The summed E-state index contributed by atoms with van der Waals surface area (Å²) in [5, 5.41) is 6.44. The summed E-state index contributed by atoms with van der Waals surface area (Å²) in [4.78, 5) is 4.19. The molecule has 0 spiro atoms. The van der Waals surface area contributed by atoms with E-state index in [0.717, 1.165) is 11.1 Å². The fourth-order valence-electron chi connectivity index (χ4n) is 2.20. The number of halogens is 1. The maximum Gasteiger partial charge on any atom is 0.191 e. The van der Waals surface area contributed by atoms with Crippen LogP contribution in [0, 0.1) is 5.82 Å². The van der Waals surface area contributed by atoms with Crippen molar-refractivity contribution in [1.82, 2.24) is 10.6 Å². The number of ether oxygens (including phenoxy) is 1. The smallest absolute Gasteiger partial charge is 0.191 e. The molecule has 0 saturated carbocycles. The number of guanidine groups is 1. The SMILES string of the molecule is CN=C(NCc1ccc(F)cc1)NCC(OC)c1ccccc1. The molecule has 5 heteroatoms. The molecule has 0 aromatic heterocycles. The third-order valence-corrected chi connectivity index (χ3v) is 3.51. The first kappa shape index (κ1) is 17.0. The van der Waals surface area contributed by atoms with Crippen LogP contribution in [0.1, 0.15) is 17.2 Å². The molecular formula is C18H22FN3O. The Balaban J connectivity index is 1.85. The molecule has 0 aliphatic carbocycles. The van der Waals surface area contributed by atoms with Crippen molar-refractivity contribution < 1.29 is 9.13 Å². The van der Waals surface area contributed by atoms with Gasteiger partial charge >= 0.3 is 0 Å². The normalized spacial score (nSPS) is 12.7. The predicted octanol–water partition coefficient (Wildman–Crippen LogP) is 2.88. The number of hydrogen-bond acceptors (Lipinski definition) is 2. The zero-order chi connectivity index (χ0) is 16.5. The average molecular weight is 315 g/mol. The third-order valence-electron chi connectivity index (χ3n) is 3.51. The van der Waals surface area contributed by atoms with Gasteiger partial charge in [0.1, 0.15) is 5.82 Å². The van der Waals surface area contributed by atoms with E-state index in [-0.39, 0.29) is 11.9 Å². The van der Waals surface area contributed by atoms with Crippen molar-refractivity contribution in [3.63, 3.8) is 0 Å². The van der Waals surface area contributed by atoms with Gasteiger partial charge < -0.3 is 15.4 Å². The second-order valence-electron chi connectivity index (χ2n) is 5.07. The lowest BCUT2D eigenvalue weighted by Crippen LogP contribution is -2.39. The van der Waals surface area contributed by atoms with Gasteiger partial charge in [-0.15, -0.1) is 0 Å². The molecule has 23 heavy (non-hydrogen) atoms. The highest BCUT2D eigenvalue weighted by molar-refractivity contribution is 5.79. The first-order valence-corrected chi connectivity index (χ1v) is 7.49. The number of benzene rings is 2. The summed E-state index contributed by atoms with van der Waals surface area (Å²) in [6.45, 7) is 1.17. The van der Waals surface area contributed by atoms with E-state index in [9.17, 15) is 4.39 Å². The molecule has 122 valence electrons. The molecule has 1 unspecified atom stereocenters. The number of nitrogens with zero attached hydrogens (tertiary/aromatic N) is 1. The van der Waals surface area contributed by atoms with Crippen molar-refractivity contribution in [3.05, 3.63) is 71.5 Å². The van der Waals surface area contributed by atoms with Gasteiger partial charge in [0, 0.05) is 27.2 Å². The van der Waals surface area contributed by atoms with Gasteiger partial charge in [-0.1, -0.05) is 42.5 Å². The standard InChI is InChI=1S/C18H22FN3O/c1-20-18(21-12-14-8-10-16(19)11-9-14)22-13-17(23-2)15-6-4-3-5-7-15/h3-11,17H,12-13H2,1-2H3,(H2,20,21,22). The van der Waals surface area contributed by atoms with Gasteiger partial charge in [-0.2, -0.15) is 0 Å². The molecule has 2 rings (SSSR count). The first-order chi connectivity index (χ1) is 11.2. The fourth-order valence-corrected chi connectivity index (χ4v) is 2.20. The minimum Gasteiger partial charge on any atom is -0.375 e. The highest BCUT2D eigenvalue weighted by atomic mass is 19.1. The Labute approximate surface area is 136 Å². The van der Waals surface area contributed by atoms with Crippen molar-refractivity contribution in [3.8, 4) is 0 Å². The molecule has 4 nitrogen and oxygen atoms in total. The highest BCUT2D eigenvalue weighted by Crippen LogP contribution is 2.14. The van der Waals surface area contributed by atoms with Gasteiger partial charge in [0.15, 0.2) is 5.96 Å². The van der Waals surface area contributed by atoms with Crippen LogP contribution in [-0.4, -0.2) is 26.7 Å². The van der Waals surface area contributed by atoms with Gasteiger partial charge in [0.25, 0.3) is 0 Å². The van der Waals surface area contributed by atoms with Crippen molar-refractivity contribution in [2.45, 2.75) is 12.6 Å². The number of methoxy groups -OCH3 is 1. The molecule has 0 fully saturated rings. The van der Waals surface area contributed by atoms with Crippen LogP contribution < -0.4 is 10.6 Å². The first-order valence-electron chi connectivity index (χ1n) is 7.49. The minimum atomic E-state index is -0.234. The van der Waals surface area contributed by atoms with E-state index in [2.05, 4.69) is 15.6 Å². The Kier molecular flexibility index (Phi) is 6.56. The van der Waals surface area contributed by atoms with Gasteiger partial charge in [-0.3, -0.25) is 4.99 Å². The van der Waals surface area contributed by atoms with Crippen LogP contribution in [0.3, 0.4) is 0 Å². The van der Waals surface area contributed by atoms with Crippen LogP contribution >= 0.6 is 0 Å². The van der Waals surface area contributed by atoms with E-state index in [0.29, 0.717) is 19.0 Å². The van der Waals surface area contributed by atoms with Crippen LogP contribution in [0.5, 0.6) is 0 Å². The summed E-state index contributed by atoms with van der Waals surface area (Å²) in [6, 6.07) is 16.4. The molecule has 1 atom stereocenters. The van der Waals surface area contributed by atoms with Gasteiger partial charge in [0.05, 0.1) is 6.10 Å². The Hall–Kier alpha value is -2.40. The summed E-state index contributed by atoms with van der Waals surface area (Å²) in [5.74, 6) is 0.439. The van der Waals surface area contributed by atoms with Crippen LogP contribution in [0.15, 0.2) is 59.6 Å². The third kappa shape index (κ3) is 5.38. The summed E-state index contributed by atoms with van der Waals surface area (Å²) in [5.41, 5.74) is 2.09. The summed E-state index contributed by atoms with van der Waals surface area (Å²) in [6.07, 6.45) is -0.0550. The highest BCUT2D eigenvalue weighted by Gasteiger charge is 2.10. The number of hydrogen-bond donors (Lipinski definition) is 2. The zero-order valence-electron chi connectivity index (χ0n) is 13.4. The molecule has 0 saturated heterocycles. The molecule has 2 aromatic rings. The number of aliphatic imine (C=N–C) groups is 1. The summed E-state index contributed by atoms with van der Waals surface area (Å²) >= 11 is 0. The largest absolute Gasteiger partial charge is 0.375 e. The average Bonchev–Trinajstić information content (AvgIpc) is 2.60. The van der Waals surface area contributed by atoms with Crippen LogP contribution in [-0.2, 0) is 11.3 Å². The van der Waals surface area contributed by atoms with Crippen molar-refractivity contribution >= 4 is 5.96 Å². The van der Waals surface area contributed by atoms with Crippen molar-refractivity contribution in [2.24, 2.45) is 4.99 Å². The minimum absolute atomic E-state index is 0.0550. The zero-order valence-corrected chi connectivity index (χ0v) is 13.4. The molecule has 0 aliphatic heterocycles. The Morgan fingerprint density at radius 3 is 2.39 bits per heavy atom. The van der Waals surface area contributed by atoms with Gasteiger partial charge in [0.2, 0.25) is 0 Å². The second kappa shape index (κ2) is 8.90. The van der Waals surface area contributed by atoms with E-state index in [1.807, 2.05) is 30.3 Å². The van der Waals surface area contributed by atoms with E-state index in [1.54, 1.807) is 26.3 Å². The monoisotopic (exact) mass is 315 g/mol. The number of nitrogens with one attached hydrogen (secondary N) is 2. The molecular weight excluding hydrogens is 293 g/mol. The van der Waals surface area contributed by atoms with Gasteiger partial charge in [-0.05, 0) is 23.3 Å². The molecule has 2 N–H and O–H groups in total. The lowest BCUT2D eigenvalue weighted by Gasteiger charge is -2.18. The Morgan fingerprint density at radius 1 is 1.09 bits per heavy atom. The molecule has 0 amide bonds. The maximum absolute atomic E-state index is 12.9. The summed E-state index contributed by atoms with van der Waals surface area (Å²) in [7, 11) is 3.40. The number of rotatable bonds is 6.